The number of nitrogens with zero attached hydrogens (tertiary/aromatic N) is 1. The zero-order valence-corrected chi connectivity index (χ0v) is 11.7. The van der Waals surface area contributed by atoms with Crippen molar-refractivity contribution in [2.24, 2.45) is 0 Å². The fraction of sp³-hybridized carbons (Fsp3) is 0.600. The molecule has 2 aliphatic rings. The van der Waals surface area contributed by atoms with E-state index < -0.39 is 0 Å². The highest BCUT2D eigenvalue weighted by Gasteiger charge is 2.29. The summed E-state index contributed by atoms with van der Waals surface area (Å²) in [7, 11) is 0. The van der Waals surface area contributed by atoms with Gasteiger partial charge in [0, 0.05) is 30.5 Å². The molecule has 1 fully saturated rings. The van der Waals surface area contributed by atoms with Gasteiger partial charge in [0.2, 0.25) is 0 Å². The Kier molecular flexibility index (Phi) is 3.94. The molecule has 3 rings (SSSR count). The second-order valence-corrected chi connectivity index (χ2v) is 5.80. The van der Waals surface area contributed by atoms with Gasteiger partial charge in [0.05, 0.1) is 0 Å². The number of likely N-dealkylation sites (tertiary alicyclic amines) is 1. The van der Waals surface area contributed by atoms with Crippen LogP contribution in [0.5, 0.6) is 5.75 Å². The van der Waals surface area contributed by atoms with Crippen molar-refractivity contribution in [3.63, 3.8) is 0 Å². The van der Waals surface area contributed by atoms with Gasteiger partial charge in [-0.25, -0.2) is 4.39 Å². The number of benzene rings is 1. The lowest BCUT2D eigenvalue weighted by Gasteiger charge is -2.35. The number of alkyl halides is 1. The van der Waals surface area contributed by atoms with E-state index in [1.54, 1.807) is 12.1 Å². The third-order valence-corrected chi connectivity index (χ3v) is 4.49. The van der Waals surface area contributed by atoms with E-state index in [-0.39, 0.29) is 11.9 Å². The molecule has 0 N–H and O–H groups in total. The van der Waals surface area contributed by atoms with Gasteiger partial charge >= 0.3 is 0 Å². The van der Waals surface area contributed by atoms with Crippen molar-refractivity contribution in [3.05, 3.63) is 29.6 Å². The van der Waals surface area contributed by atoms with Gasteiger partial charge in [-0.15, -0.1) is 11.6 Å². The summed E-state index contributed by atoms with van der Waals surface area (Å²) in [6.07, 6.45) is 4.63. The van der Waals surface area contributed by atoms with Crippen molar-refractivity contribution in [2.75, 3.05) is 19.0 Å². The van der Waals surface area contributed by atoms with Crippen LogP contribution in [0.25, 0.3) is 0 Å². The molecule has 2 atom stereocenters. The van der Waals surface area contributed by atoms with Gasteiger partial charge in [-0.2, -0.15) is 0 Å². The molecular formula is C15H19ClFNO. The molecule has 2 heterocycles. The molecule has 0 aromatic heterocycles. The Labute approximate surface area is 118 Å². The highest BCUT2D eigenvalue weighted by Crippen LogP contribution is 2.30. The van der Waals surface area contributed by atoms with Crippen molar-refractivity contribution in [2.45, 2.75) is 37.8 Å². The van der Waals surface area contributed by atoms with Crippen LogP contribution in [0.1, 0.15) is 24.8 Å². The summed E-state index contributed by atoms with van der Waals surface area (Å²) in [4.78, 5) is 2.43. The molecule has 0 bridgehead atoms. The minimum Gasteiger partial charge on any atom is -0.488 e. The summed E-state index contributed by atoms with van der Waals surface area (Å²) < 4.78 is 19.1. The van der Waals surface area contributed by atoms with Gasteiger partial charge in [-0.05, 0) is 37.6 Å². The summed E-state index contributed by atoms with van der Waals surface area (Å²) in [5.41, 5.74) is 0.990. The van der Waals surface area contributed by atoms with E-state index >= 15 is 0 Å². The Hall–Kier alpha value is -0.800. The monoisotopic (exact) mass is 283 g/mol. The van der Waals surface area contributed by atoms with Crippen molar-refractivity contribution < 1.29 is 9.13 Å². The van der Waals surface area contributed by atoms with Gasteiger partial charge in [0.1, 0.15) is 17.7 Å². The third-order valence-electron chi connectivity index (χ3n) is 4.13. The molecule has 4 heteroatoms. The number of fused-ring (bicyclic) bond motifs is 1. The van der Waals surface area contributed by atoms with Gasteiger partial charge < -0.3 is 4.74 Å². The molecule has 1 saturated heterocycles. The van der Waals surface area contributed by atoms with Gasteiger partial charge in [0.15, 0.2) is 0 Å². The Bertz CT molecular complexity index is 454. The van der Waals surface area contributed by atoms with Gasteiger partial charge in [-0.3, -0.25) is 4.90 Å². The Morgan fingerprint density at radius 3 is 3.11 bits per heavy atom. The SMILES string of the molecule is Fc1ccc2c(c1)CC(CN1CCCCC1CCl)O2. The van der Waals surface area contributed by atoms with E-state index in [0.717, 1.165) is 30.8 Å². The minimum atomic E-state index is -0.181. The molecule has 0 aliphatic carbocycles. The standard InChI is InChI=1S/C15H19ClFNO/c16-9-13-3-1-2-6-18(13)10-14-8-11-7-12(17)4-5-15(11)19-14/h4-5,7,13-14H,1-3,6,8-10H2. The van der Waals surface area contributed by atoms with Crippen LogP contribution in [-0.4, -0.2) is 36.0 Å². The number of piperidine rings is 1. The largest absolute Gasteiger partial charge is 0.488 e. The Balaban J connectivity index is 1.63. The van der Waals surface area contributed by atoms with Crippen LogP contribution in [0.2, 0.25) is 0 Å². The first-order valence-electron chi connectivity index (χ1n) is 7.01. The first kappa shape index (κ1) is 13.2. The highest BCUT2D eigenvalue weighted by atomic mass is 35.5. The lowest BCUT2D eigenvalue weighted by molar-refractivity contribution is 0.0992. The zero-order chi connectivity index (χ0) is 13.2. The van der Waals surface area contributed by atoms with Crippen LogP contribution in [0.4, 0.5) is 4.39 Å². The fourth-order valence-electron chi connectivity index (χ4n) is 3.13. The third kappa shape index (κ3) is 2.87. The van der Waals surface area contributed by atoms with E-state index in [1.807, 2.05) is 0 Å². The molecule has 104 valence electrons. The van der Waals surface area contributed by atoms with Crippen LogP contribution in [0.3, 0.4) is 0 Å². The van der Waals surface area contributed by atoms with Crippen LogP contribution in [-0.2, 0) is 6.42 Å². The van der Waals surface area contributed by atoms with Crippen molar-refractivity contribution in [1.82, 2.24) is 4.90 Å². The van der Waals surface area contributed by atoms with E-state index in [4.69, 9.17) is 16.3 Å². The molecule has 19 heavy (non-hydrogen) atoms. The Morgan fingerprint density at radius 2 is 2.26 bits per heavy atom. The number of hydrogen-bond acceptors (Lipinski definition) is 2. The minimum absolute atomic E-state index is 0.139. The van der Waals surface area contributed by atoms with Crippen LogP contribution >= 0.6 is 11.6 Å². The van der Waals surface area contributed by atoms with Crippen molar-refractivity contribution in [3.8, 4) is 5.75 Å². The molecule has 1 aromatic rings. The number of halogens is 2. The molecule has 0 radical (unpaired) electrons. The molecule has 1 aromatic carbocycles. The molecule has 2 aliphatic heterocycles. The smallest absolute Gasteiger partial charge is 0.123 e. The van der Waals surface area contributed by atoms with Gasteiger partial charge in [0.25, 0.3) is 0 Å². The summed E-state index contributed by atoms with van der Waals surface area (Å²) >= 11 is 6.04. The maximum atomic E-state index is 13.2. The lowest BCUT2D eigenvalue weighted by atomic mass is 10.0. The summed E-state index contributed by atoms with van der Waals surface area (Å²) in [6, 6.07) is 5.26. The van der Waals surface area contributed by atoms with Crippen LogP contribution < -0.4 is 4.74 Å². The first-order valence-corrected chi connectivity index (χ1v) is 7.55. The molecule has 0 amide bonds. The molecule has 2 unspecified atom stereocenters. The fourth-order valence-corrected chi connectivity index (χ4v) is 3.48. The summed E-state index contributed by atoms with van der Waals surface area (Å²) in [5, 5.41) is 0. The van der Waals surface area contributed by atoms with E-state index in [1.165, 1.54) is 25.3 Å². The molecular weight excluding hydrogens is 265 g/mol. The van der Waals surface area contributed by atoms with E-state index in [9.17, 15) is 4.39 Å². The predicted octanol–water partition coefficient (Wildman–Crippen LogP) is 3.22. The first-order chi connectivity index (χ1) is 9.26. The zero-order valence-electron chi connectivity index (χ0n) is 10.9. The number of hydrogen-bond donors (Lipinski definition) is 0. The Morgan fingerprint density at radius 1 is 1.37 bits per heavy atom. The second-order valence-electron chi connectivity index (χ2n) is 5.49. The maximum absolute atomic E-state index is 13.2. The predicted molar refractivity (Wildman–Crippen MR) is 74.5 cm³/mol. The molecule has 0 spiro atoms. The number of rotatable bonds is 3. The van der Waals surface area contributed by atoms with Crippen LogP contribution in [0.15, 0.2) is 18.2 Å². The average Bonchev–Trinajstić information content (AvgIpc) is 2.80. The summed E-state index contributed by atoms with van der Waals surface area (Å²) in [5.74, 6) is 1.35. The second kappa shape index (κ2) is 5.68. The van der Waals surface area contributed by atoms with E-state index in [2.05, 4.69) is 4.90 Å². The number of ether oxygens (including phenoxy) is 1. The molecule has 0 saturated carbocycles. The van der Waals surface area contributed by atoms with Gasteiger partial charge in [-0.1, -0.05) is 6.42 Å². The van der Waals surface area contributed by atoms with Crippen molar-refractivity contribution in [1.29, 1.82) is 0 Å². The van der Waals surface area contributed by atoms with Crippen molar-refractivity contribution >= 4 is 11.6 Å². The molecule has 2 nitrogen and oxygen atoms in total. The van der Waals surface area contributed by atoms with E-state index in [0.29, 0.717) is 11.9 Å². The average molecular weight is 284 g/mol. The maximum Gasteiger partial charge on any atom is 0.123 e. The van der Waals surface area contributed by atoms with Crippen LogP contribution in [0, 0.1) is 5.82 Å². The quantitative estimate of drug-likeness (QED) is 0.790. The normalized spacial score (nSPS) is 27.1. The topological polar surface area (TPSA) is 12.5 Å². The lowest BCUT2D eigenvalue weighted by Crippen LogP contribution is -2.45. The highest BCUT2D eigenvalue weighted by molar-refractivity contribution is 6.18. The summed E-state index contributed by atoms with van der Waals surface area (Å²) in [6.45, 7) is 2.00.